The Bertz CT molecular complexity index is 492. The molecule has 0 aromatic carbocycles. The smallest absolute Gasteiger partial charge is 0.0935 e. The Kier molecular flexibility index (Phi) is 5.01. The van der Waals surface area contributed by atoms with Gasteiger partial charge in [-0.2, -0.15) is 0 Å². The Morgan fingerprint density at radius 3 is 2.52 bits per heavy atom. The first-order valence-corrected chi connectivity index (χ1v) is 8.68. The first kappa shape index (κ1) is 16.8. The molecule has 0 atom stereocenters. The average molecular weight is 319 g/mol. The fourth-order valence-electron chi connectivity index (χ4n) is 3.82. The van der Waals surface area contributed by atoms with E-state index >= 15 is 0 Å². The van der Waals surface area contributed by atoms with Crippen LogP contribution >= 0.6 is 0 Å². The molecule has 0 spiro atoms. The molecule has 0 saturated carbocycles. The summed E-state index contributed by atoms with van der Waals surface area (Å²) in [5.74, 6) is 0. The number of ether oxygens (including phenoxy) is 1. The summed E-state index contributed by atoms with van der Waals surface area (Å²) in [5, 5.41) is 10.9. The summed E-state index contributed by atoms with van der Waals surface area (Å²) in [6.45, 7) is 11.2. The Hall–Kier alpha value is -1.01. The molecule has 5 nitrogen and oxygen atoms in total. The maximum absolute atomic E-state index is 10.9. The van der Waals surface area contributed by atoms with Gasteiger partial charge in [-0.25, -0.2) is 0 Å². The summed E-state index contributed by atoms with van der Waals surface area (Å²) in [7, 11) is 0. The van der Waals surface area contributed by atoms with Crippen molar-refractivity contribution in [3.63, 3.8) is 0 Å². The number of hydrogen-bond acceptors (Lipinski definition) is 5. The van der Waals surface area contributed by atoms with Crippen LogP contribution in [0.15, 0.2) is 24.5 Å². The first-order valence-electron chi connectivity index (χ1n) is 8.68. The van der Waals surface area contributed by atoms with Crippen LogP contribution in [0.5, 0.6) is 0 Å². The molecular weight excluding hydrogens is 290 g/mol. The quantitative estimate of drug-likeness (QED) is 0.911. The Morgan fingerprint density at radius 2 is 1.91 bits per heavy atom. The minimum Gasteiger partial charge on any atom is -0.385 e. The van der Waals surface area contributed by atoms with Gasteiger partial charge in [-0.1, -0.05) is 6.07 Å². The number of aliphatic hydroxyl groups is 1. The normalized spacial score (nSPS) is 23.8. The third-order valence-corrected chi connectivity index (χ3v) is 5.36. The van der Waals surface area contributed by atoms with Crippen molar-refractivity contribution in [2.24, 2.45) is 0 Å². The number of piperidine rings is 1. The third kappa shape index (κ3) is 3.91. The van der Waals surface area contributed by atoms with Crippen LogP contribution in [0.2, 0.25) is 0 Å². The third-order valence-electron chi connectivity index (χ3n) is 5.36. The second kappa shape index (κ2) is 6.85. The number of pyridine rings is 1. The van der Waals surface area contributed by atoms with E-state index in [1.54, 1.807) is 12.4 Å². The number of hydrogen-bond donors (Lipinski definition) is 1. The SMILES string of the molecule is CC(C)(CN1CCC(O)(c2cccnc2)CC1)N1CCOCC1. The molecule has 2 aliphatic rings. The summed E-state index contributed by atoms with van der Waals surface area (Å²) in [6, 6.07) is 3.89. The zero-order valence-electron chi connectivity index (χ0n) is 14.4. The zero-order chi connectivity index (χ0) is 16.3. The van der Waals surface area contributed by atoms with Crippen LogP contribution in [-0.4, -0.2) is 71.4 Å². The van der Waals surface area contributed by atoms with Crippen molar-refractivity contribution in [2.75, 3.05) is 45.9 Å². The molecule has 2 fully saturated rings. The van der Waals surface area contributed by atoms with Crippen molar-refractivity contribution in [2.45, 2.75) is 37.8 Å². The van der Waals surface area contributed by atoms with E-state index in [-0.39, 0.29) is 5.54 Å². The highest BCUT2D eigenvalue weighted by Gasteiger charge is 2.37. The van der Waals surface area contributed by atoms with Crippen molar-refractivity contribution in [1.29, 1.82) is 0 Å². The molecule has 1 aromatic rings. The summed E-state index contributed by atoms with van der Waals surface area (Å²) in [6.07, 6.45) is 5.11. The van der Waals surface area contributed by atoms with Gasteiger partial charge in [0.05, 0.1) is 18.8 Å². The van der Waals surface area contributed by atoms with Gasteiger partial charge < -0.3 is 14.7 Å². The topological polar surface area (TPSA) is 48.8 Å². The van der Waals surface area contributed by atoms with Crippen LogP contribution in [0.3, 0.4) is 0 Å². The first-order chi connectivity index (χ1) is 11.0. The number of aromatic nitrogens is 1. The van der Waals surface area contributed by atoms with Crippen molar-refractivity contribution in [1.82, 2.24) is 14.8 Å². The summed E-state index contributed by atoms with van der Waals surface area (Å²) in [4.78, 5) is 9.17. The standard InChI is InChI=1S/C18H29N3O2/c1-17(2,21-10-12-23-13-11-21)15-20-8-5-18(22,6-9-20)16-4-3-7-19-14-16/h3-4,7,14,22H,5-6,8-13,15H2,1-2H3. The molecule has 1 aromatic heterocycles. The number of rotatable bonds is 4. The molecular formula is C18H29N3O2. The van der Waals surface area contributed by atoms with Crippen molar-refractivity contribution in [3.8, 4) is 0 Å². The Balaban J connectivity index is 1.56. The molecule has 5 heteroatoms. The molecule has 3 rings (SSSR count). The molecule has 0 unspecified atom stereocenters. The lowest BCUT2D eigenvalue weighted by Crippen LogP contribution is -2.57. The summed E-state index contributed by atoms with van der Waals surface area (Å²) >= 11 is 0. The maximum Gasteiger partial charge on any atom is 0.0935 e. The maximum atomic E-state index is 10.9. The van der Waals surface area contributed by atoms with Gasteiger partial charge in [0.2, 0.25) is 0 Å². The summed E-state index contributed by atoms with van der Waals surface area (Å²) in [5.41, 5.74) is 0.383. The van der Waals surface area contributed by atoms with E-state index in [2.05, 4.69) is 28.6 Å². The highest BCUT2D eigenvalue weighted by molar-refractivity contribution is 5.19. The van der Waals surface area contributed by atoms with E-state index < -0.39 is 5.60 Å². The van der Waals surface area contributed by atoms with E-state index in [0.29, 0.717) is 0 Å². The number of nitrogens with zero attached hydrogens (tertiary/aromatic N) is 3. The van der Waals surface area contributed by atoms with Crippen LogP contribution in [0.25, 0.3) is 0 Å². The van der Waals surface area contributed by atoms with Crippen LogP contribution < -0.4 is 0 Å². The summed E-state index contributed by atoms with van der Waals surface area (Å²) < 4.78 is 5.47. The highest BCUT2D eigenvalue weighted by atomic mass is 16.5. The van der Waals surface area contributed by atoms with Crippen molar-refractivity contribution in [3.05, 3.63) is 30.1 Å². The van der Waals surface area contributed by atoms with Gasteiger partial charge in [0.15, 0.2) is 0 Å². The molecule has 0 bridgehead atoms. The molecule has 23 heavy (non-hydrogen) atoms. The number of morpholine rings is 1. The van der Waals surface area contributed by atoms with Gasteiger partial charge in [-0.05, 0) is 32.8 Å². The molecule has 3 heterocycles. The number of likely N-dealkylation sites (tertiary alicyclic amines) is 1. The predicted octanol–water partition coefficient (Wildman–Crippen LogP) is 1.48. The molecule has 0 radical (unpaired) electrons. The molecule has 0 aliphatic carbocycles. The second-order valence-corrected chi connectivity index (χ2v) is 7.46. The minimum atomic E-state index is -0.714. The van der Waals surface area contributed by atoms with E-state index in [1.165, 1.54) is 0 Å². The molecule has 2 aliphatic heterocycles. The second-order valence-electron chi connectivity index (χ2n) is 7.46. The van der Waals surface area contributed by atoms with Crippen molar-refractivity contribution >= 4 is 0 Å². The van der Waals surface area contributed by atoms with E-state index in [0.717, 1.165) is 64.3 Å². The van der Waals surface area contributed by atoms with Crippen LogP contribution in [-0.2, 0) is 10.3 Å². The zero-order valence-corrected chi connectivity index (χ0v) is 14.4. The predicted molar refractivity (Wildman–Crippen MR) is 90.3 cm³/mol. The van der Waals surface area contributed by atoms with E-state index in [1.807, 2.05) is 12.1 Å². The highest BCUT2D eigenvalue weighted by Crippen LogP contribution is 2.33. The van der Waals surface area contributed by atoms with Crippen molar-refractivity contribution < 1.29 is 9.84 Å². The minimum absolute atomic E-state index is 0.146. The van der Waals surface area contributed by atoms with Gasteiger partial charge in [0, 0.05) is 56.2 Å². The van der Waals surface area contributed by atoms with Gasteiger partial charge in [0.25, 0.3) is 0 Å². The van der Waals surface area contributed by atoms with Crippen LogP contribution in [0.1, 0.15) is 32.3 Å². The molecule has 128 valence electrons. The van der Waals surface area contributed by atoms with E-state index in [4.69, 9.17) is 4.74 Å². The molecule has 1 N–H and O–H groups in total. The van der Waals surface area contributed by atoms with E-state index in [9.17, 15) is 5.11 Å². The largest absolute Gasteiger partial charge is 0.385 e. The lowest BCUT2D eigenvalue weighted by molar-refractivity contribution is -0.0520. The van der Waals surface area contributed by atoms with Gasteiger partial charge in [-0.15, -0.1) is 0 Å². The van der Waals surface area contributed by atoms with Crippen LogP contribution in [0.4, 0.5) is 0 Å². The molecule has 2 saturated heterocycles. The van der Waals surface area contributed by atoms with Gasteiger partial charge in [-0.3, -0.25) is 9.88 Å². The Labute approximate surface area is 139 Å². The lowest BCUT2D eigenvalue weighted by atomic mass is 9.85. The Morgan fingerprint density at radius 1 is 1.22 bits per heavy atom. The van der Waals surface area contributed by atoms with Gasteiger partial charge >= 0.3 is 0 Å². The fraction of sp³-hybridized carbons (Fsp3) is 0.722. The van der Waals surface area contributed by atoms with Gasteiger partial charge in [0.1, 0.15) is 0 Å². The fourth-order valence-corrected chi connectivity index (χ4v) is 3.82. The average Bonchev–Trinajstić information content (AvgIpc) is 2.59. The lowest BCUT2D eigenvalue weighted by Gasteiger charge is -2.46. The monoisotopic (exact) mass is 319 g/mol. The van der Waals surface area contributed by atoms with Crippen LogP contribution in [0, 0.1) is 0 Å². The molecule has 0 amide bonds.